The molecule has 0 aliphatic rings. The Morgan fingerprint density at radius 1 is 1.57 bits per heavy atom. The van der Waals surface area contributed by atoms with Gasteiger partial charge in [0.1, 0.15) is 0 Å². The van der Waals surface area contributed by atoms with E-state index in [0.29, 0.717) is 4.90 Å². The molecule has 1 N–H and O–H groups in total. The maximum absolute atomic E-state index is 11.1. The van der Waals surface area contributed by atoms with Crippen molar-refractivity contribution in [3.8, 4) is 5.75 Å². The smallest absolute Gasteiger partial charge is 0.313 e. The first-order valence-electron chi connectivity index (χ1n) is 3.44. The van der Waals surface area contributed by atoms with Crippen LogP contribution in [0.2, 0.25) is 0 Å². The molecule has 0 heterocycles. The average Bonchev–Trinajstić information content (AvgIpc) is 2.08. The maximum atomic E-state index is 11.1. The van der Waals surface area contributed by atoms with Crippen molar-refractivity contribution in [2.24, 2.45) is 0 Å². The van der Waals surface area contributed by atoms with Crippen molar-refractivity contribution in [3.05, 3.63) is 26.7 Å². The summed E-state index contributed by atoms with van der Waals surface area (Å²) in [6.45, 7) is 0. The van der Waals surface area contributed by atoms with Gasteiger partial charge in [-0.05, 0) is 22.0 Å². The molecule has 0 aliphatic heterocycles. The van der Waals surface area contributed by atoms with Crippen molar-refractivity contribution in [1.29, 1.82) is 0 Å². The third kappa shape index (κ3) is 2.10. The molecule has 0 spiro atoms. The first kappa shape index (κ1) is 11.1. The van der Waals surface area contributed by atoms with Crippen LogP contribution in [0.5, 0.6) is 5.75 Å². The molecule has 0 fully saturated rings. The molecule has 0 amide bonds. The lowest BCUT2D eigenvalue weighted by molar-refractivity contribution is -0.386. The van der Waals surface area contributed by atoms with Crippen LogP contribution in [0, 0.1) is 10.1 Å². The topological polar surface area (TPSA) is 80.4 Å². The summed E-state index contributed by atoms with van der Waals surface area (Å²) < 4.78 is 11.2. The Kier molecular flexibility index (Phi) is 3.22. The summed E-state index contributed by atoms with van der Waals surface area (Å²) in [5.74, 6) is -0.454. The van der Waals surface area contributed by atoms with Crippen LogP contribution < -0.4 is 0 Å². The number of nitro groups is 1. The largest absolute Gasteiger partial charge is 0.501 e. The van der Waals surface area contributed by atoms with Crippen LogP contribution in [-0.2, 0) is 10.8 Å². The maximum Gasteiger partial charge on any atom is 0.313 e. The fraction of sp³-hybridized carbons (Fsp3) is 0.143. The summed E-state index contributed by atoms with van der Waals surface area (Å²) in [7, 11) is -1.32. The molecule has 1 aromatic rings. The normalized spacial score (nSPS) is 12.4. The molecule has 1 rings (SSSR count). The van der Waals surface area contributed by atoms with Gasteiger partial charge in [0.25, 0.3) is 0 Å². The van der Waals surface area contributed by atoms with Crippen LogP contribution in [0.25, 0.3) is 0 Å². The lowest BCUT2D eigenvalue weighted by Crippen LogP contribution is -1.93. The highest BCUT2D eigenvalue weighted by molar-refractivity contribution is 9.10. The first-order chi connectivity index (χ1) is 6.43. The minimum absolute atomic E-state index is 0.164. The van der Waals surface area contributed by atoms with E-state index < -0.39 is 27.2 Å². The Labute approximate surface area is 90.5 Å². The zero-order valence-corrected chi connectivity index (χ0v) is 9.46. The van der Waals surface area contributed by atoms with E-state index in [9.17, 15) is 19.4 Å². The van der Waals surface area contributed by atoms with Crippen LogP contribution in [-0.4, -0.2) is 20.5 Å². The highest BCUT2D eigenvalue weighted by Gasteiger charge is 2.18. The summed E-state index contributed by atoms with van der Waals surface area (Å²) in [5, 5.41) is 19.8. The summed E-state index contributed by atoms with van der Waals surface area (Å²) in [6, 6.07) is 2.48. The number of hydrogen-bond acceptors (Lipinski definition) is 4. The molecule has 0 saturated carbocycles. The number of hydrogen-bond donors (Lipinski definition) is 1. The Morgan fingerprint density at radius 2 is 2.14 bits per heavy atom. The molecule has 0 aromatic heterocycles. The average molecular weight is 280 g/mol. The van der Waals surface area contributed by atoms with Crippen LogP contribution in [0.3, 0.4) is 0 Å². The minimum atomic E-state index is -1.32. The van der Waals surface area contributed by atoms with E-state index in [-0.39, 0.29) is 4.47 Å². The van der Waals surface area contributed by atoms with Crippen molar-refractivity contribution in [2.75, 3.05) is 6.26 Å². The summed E-state index contributed by atoms with van der Waals surface area (Å²) in [5.41, 5.74) is -0.454. The van der Waals surface area contributed by atoms with Crippen molar-refractivity contribution in [3.63, 3.8) is 0 Å². The molecule has 1 aromatic carbocycles. The molecule has 0 bridgehead atoms. The Hall–Kier alpha value is -0.950. The van der Waals surface area contributed by atoms with Crippen molar-refractivity contribution >= 4 is 32.4 Å². The van der Waals surface area contributed by atoms with Gasteiger partial charge in [-0.15, -0.1) is 0 Å². The molecule has 1 unspecified atom stereocenters. The number of nitro benzene ring substituents is 1. The van der Waals surface area contributed by atoms with E-state index >= 15 is 0 Å². The third-order valence-electron chi connectivity index (χ3n) is 1.55. The quantitative estimate of drug-likeness (QED) is 0.661. The van der Waals surface area contributed by atoms with Gasteiger partial charge in [0.05, 0.1) is 20.2 Å². The highest BCUT2D eigenvalue weighted by Crippen LogP contribution is 2.35. The number of nitrogens with zero attached hydrogens (tertiary/aromatic N) is 1. The van der Waals surface area contributed by atoms with E-state index in [1.165, 1.54) is 12.3 Å². The molecule has 0 radical (unpaired) electrons. The minimum Gasteiger partial charge on any atom is -0.501 e. The number of phenols is 1. The SMILES string of the molecule is CS(=O)c1cc(Br)c(O)c([N+](=O)[O-])c1. The lowest BCUT2D eigenvalue weighted by Gasteiger charge is -2.01. The Balaban J connectivity index is 3.43. The van der Waals surface area contributed by atoms with Gasteiger partial charge in [-0.1, -0.05) is 0 Å². The van der Waals surface area contributed by atoms with Gasteiger partial charge < -0.3 is 5.11 Å². The van der Waals surface area contributed by atoms with Gasteiger partial charge in [-0.3, -0.25) is 14.3 Å². The highest BCUT2D eigenvalue weighted by atomic mass is 79.9. The third-order valence-corrected chi connectivity index (χ3v) is 3.05. The molecule has 0 aliphatic carbocycles. The number of rotatable bonds is 2. The van der Waals surface area contributed by atoms with Crippen molar-refractivity contribution < 1.29 is 14.2 Å². The van der Waals surface area contributed by atoms with E-state index in [4.69, 9.17) is 0 Å². The lowest BCUT2D eigenvalue weighted by atomic mass is 10.3. The van der Waals surface area contributed by atoms with Gasteiger partial charge >= 0.3 is 5.69 Å². The summed E-state index contributed by atoms with van der Waals surface area (Å²) in [6.07, 6.45) is 1.41. The van der Waals surface area contributed by atoms with Gasteiger partial charge in [0.15, 0.2) is 0 Å². The molecule has 14 heavy (non-hydrogen) atoms. The molecule has 0 saturated heterocycles. The molecular weight excluding hydrogens is 274 g/mol. The summed E-state index contributed by atoms with van der Waals surface area (Å²) >= 11 is 2.94. The van der Waals surface area contributed by atoms with Gasteiger partial charge in [0.2, 0.25) is 5.75 Å². The predicted molar refractivity (Wildman–Crippen MR) is 54.8 cm³/mol. The second-order valence-corrected chi connectivity index (χ2v) is 4.72. The summed E-state index contributed by atoms with van der Waals surface area (Å²) in [4.78, 5) is 10.0. The number of aromatic hydroxyl groups is 1. The van der Waals surface area contributed by atoms with Crippen LogP contribution >= 0.6 is 15.9 Å². The molecule has 7 heteroatoms. The monoisotopic (exact) mass is 279 g/mol. The van der Waals surface area contributed by atoms with E-state index in [0.717, 1.165) is 6.07 Å². The second kappa shape index (κ2) is 4.05. The van der Waals surface area contributed by atoms with Crippen molar-refractivity contribution in [1.82, 2.24) is 0 Å². The van der Waals surface area contributed by atoms with Crippen molar-refractivity contribution in [2.45, 2.75) is 4.90 Å². The van der Waals surface area contributed by atoms with Gasteiger partial charge in [-0.2, -0.15) is 0 Å². The fourth-order valence-corrected chi connectivity index (χ4v) is 2.03. The zero-order valence-electron chi connectivity index (χ0n) is 7.06. The number of phenolic OH excluding ortho intramolecular Hbond substituents is 1. The van der Waals surface area contributed by atoms with Gasteiger partial charge in [-0.25, -0.2) is 0 Å². The fourth-order valence-electron chi connectivity index (χ4n) is 0.866. The molecule has 76 valence electrons. The predicted octanol–water partition coefficient (Wildman–Crippen LogP) is 1.80. The van der Waals surface area contributed by atoms with Crippen LogP contribution in [0.4, 0.5) is 5.69 Å². The zero-order chi connectivity index (χ0) is 10.9. The number of halogens is 1. The van der Waals surface area contributed by atoms with E-state index in [1.54, 1.807) is 0 Å². The van der Waals surface area contributed by atoms with Gasteiger partial charge in [0, 0.05) is 17.2 Å². The molecule has 5 nitrogen and oxygen atoms in total. The standard InChI is InChI=1S/C7H6BrNO4S/c1-14(13)4-2-5(8)7(10)6(3-4)9(11)12/h2-3,10H,1H3. The number of benzene rings is 1. The Morgan fingerprint density at radius 3 is 2.57 bits per heavy atom. The van der Waals surface area contributed by atoms with Crippen LogP contribution in [0.15, 0.2) is 21.5 Å². The first-order valence-corrected chi connectivity index (χ1v) is 5.79. The second-order valence-electron chi connectivity index (χ2n) is 2.48. The van der Waals surface area contributed by atoms with Crippen LogP contribution in [0.1, 0.15) is 0 Å². The van der Waals surface area contributed by atoms with E-state index in [2.05, 4.69) is 15.9 Å². The Bertz CT molecular complexity index is 420. The molecule has 1 atom stereocenters. The molecular formula is C7H6BrNO4S. The van der Waals surface area contributed by atoms with E-state index in [1.807, 2.05) is 0 Å².